The molecule has 0 saturated carbocycles. The summed E-state index contributed by atoms with van der Waals surface area (Å²) in [7, 11) is 0. The fraction of sp³-hybridized carbons (Fsp3) is 0.286. The van der Waals surface area contributed by atoms with Gasteiger partial charge in [-0.2, -0.15) is 0 Å². The molecule has 0 bridgehead atoms. The predicted molar refractivity (Wildman–Crippen MR) is 385 cm³/mol. The molecule has 0 N–H and O–H groups in total. The molecule has 10 aromatic carbocycles. The van der Waals surface area contributed by atoms with E-state index in [2.05, 4.69) is 346 Å². The summed E-state index contributed by atoms with van der Waals surface area (Å²) in [6.07, 6.45) is 0. The zero-order valence-electron chi connectivity index (χ0n) is 56.0. The second-order valence-corrected chi connectivity index (χ2v) is 31.7. The number of rotatable bonds is 7. The van der Waals surface area contributed by atoms with Gasteiger partial charge in [0, 0.05) is 62.3 Å². The number of para-hydroxylation sites is 1. The van der Waals surface area contributed by atoms with Gasteiger partial charge >= 0.3 is 0 Å². The van der Waals surface area contributed by atoms with Crippen molar-refractivity contribution in [1.82, 2.24) is 0 Å². The Morgan fingerprint density at radius 3 is 1.15 bits per heavy atom. The average Bonchev–Trinajstić information content (AvgIpc) is 1.30. The third kappa shape index (κ3) is 10.9. The first-order chi connectivity index (χ1) is 41.9. The quantitative estimate of drug-likeness (QED) is 0.148. The Balaban J connectivity index is 1.17. The fourth-order valence-electron chi connectivity index (χ4n) is 13.5. The second kappa shape index (κ2) is 21.0. The Hall–Kier alpha value is -8.54. The van der Waals surface area contributed by atoms with Crippen molar-refractivity contribution in [3.8, 4) is 22.3 Å². The fourth-order valence-corrected chi connectivity index (χ4v) is 13.5. The van der Waals surface area contributed by atoms with Crippen molar-refractivity contribution >= 4 is 96.2 Å². The second-order valence-electron chi connectivity index (χ2n) is 31.7. The molecule has 0 spiro atoms. The van der Waals surface area contributed by atoms with Crippen molar-refractivity contribution in [3.63, 3.8) is 0 Å². The summed E-state index contributed by atoms with van der Waals surface area (Å²) in [5.74, 6) is 0. The van der Waals surface area contributed by atoms with Gasteiger partial charge in [0.25, 0.3) is 6.71 Å². The smallest absolute Gasteiger partial charge is 0.252 e. The maximum atomic E-state index is 6.76. The molecular formula is C84H88BN3O. The Bertz CT molecular complexity index is 4450. The van der Waals surface area contributed by atoms with E-state index in [9.17, 15) is 0 Å². The van der Waals surface area contributed by atoms with E-state index in [1.165, 1.54) is 83.4 Å². The molecule has 0 amide bonds. The maximum Gasteiger partial charge on any atom is 0.252 e. The van der Waals surface area contributed by atoms with Crippen LogP contribution in [0.3, 0.4) is 0 Å². The molecule has 0 fully saturated rings. The highest BCUT2D eigenvalue weighted by Gasteiger charge is 2.45. The summed E-state index contributed by atoms with van der Waals surface area (Å²) >= 11 is 0. The Morgan fingerprint density at radius 1 is 0.292 bits per heavy atom. The van der Waals surface area contributed by atoms with Crippen LogP contribution in [0.4, 0.5) is 51.2 Å². The first-order valence-electron chi connectivity index (χ1n) is 32.3. The van der Waals surface area contributed by atoms with Gasteiger partial charge < -0.3 is 19.1 Å². The number of fused-ring (bicyclic) bond motifs is 7. The van der Waals surface area contributed by atoms with Crippen LogP contribution < -0.4 is 31.1 Å². The van der Waals surface area contributed by atoms with Crippen LogP contribution in [0.25, 0.3) is 44.2 Å². The number of nitrogens with zero attached hydrogens (tertiary/aromatic N) is 3. The van der Waals surface area contributed by atoms with E-state index in [-0.39, 0.29) is 39.2 Å². The topological polar surface area (TPSA) is 22.9 Å². The third-order valence-corrected chi connectivity index (χ3v) is 19.0. The monoisotopic (exact) mass is 1170 g/mol. The summed E-state index contributed by atoms with van der Waals surface area (Å²) in [6, 6.07) is 79.6. The van der Waals surface area contributed by atoms with E-state index in [1.807, 2.05) is 0 Å². The van der Waals surface area contributed by atoms with Gasteiger partial charge in [0.15, 0.2) is 0 Å². The van der Waals surface area contributed by atoms with Gasteiger partial charge in [-0.15, -0.1) is 0 Å². The van der Waals surface area contributed by atoms with Gasteiger partial charge in [-0.1, -0.05) is 240 Å². The van der Waals surface area contributed by atoms with Crippen LogP contribution >= 0.6 is 0 Å². The van der Waals surface area contributed by atoms with Gasteiger partial charge in [0.05, 0.1) is 5.69 Å². The van der Waals surface area contributed by atoms with Crippen LogP contribution in [0.1, 0.15) is 158 Å². The number of benzene rings is 10. The standard InChI is InChI=1S/C84H88BN3O/c1-79(2,3)57-27-23-53(24-28-57)55-45-56(54-25-29-58(30-26-54)80(4,5)6)47-66(46-55)88-73-44-36-62(84(16,17)18)49-71(73)85-70-48-61(83(13,14)15)35-43-72(70)87(64-39-33-60(34-40-64)82(10,11)12)74-50-67(51-75(88)78(74)85)86(63-37-31-59(32-38-63)81(7,8)9)65-41-42-69-68-21-19-20-22-76(68)89-77(69)52-65/h19-52H,1-18H3. The van der Waals surface area contributed by atoms with Crippen molar-refractivity contribution in [3.05, 3.63) is 240 Å². The lowest BCUT2D eigenvalue weighted by molar-refractivity contribution is 0.590. The van der Waals surface area contributed by atoms with E-state index in [0.717, 1.165) is 61.8 Å². The van der Waals surface area contributed by atoms with Crippen molar-refractivity contribution in [2.24, 2.45) is 0 Å². The van der Waals surface area contributed by atoms with Crippen molar-refractivity contribution in [2.75, 3.05) is 14.7 Å². The minimum absolute atomic E-state index is 0.0134. The van der Waals surface area contributed by atoms with Crippen molar-refractivity contribution in [2.45, 2.75) is 157 Å². The minimum atomic E-state index is -0.117. The summed E-state index contributed by atoms with van der Waals surface area (Å²) < 4.78 is 6.76. The van der Waals surface area contributed by atoms with Crippen molar-refractivity contribution in [1.29, 1.82) is 0 Å². The molecule has 0 aliphatic carbocycles. The van der Waals surface area contributed by atoms with E-state index in [4.69, 9.17) is 4.42 Å². The molecule has 13 rings (SSSR count). The Morgan fingerprint density at radius 2 is 0.685 bits per heavy atom. The maximum absolute atomic E-state index is 6.76. The van der Waals surface area contributed by atoms with Gasteiger partial charge in [0.1, 0.15) is 11.2 Å². The lowest BCUT2D eigenvalue weighted by Crippen LogP contribution is -2.61. The molecule has 0 unspecified atom stereocenters. The minimum Gasteiger partial charge on any atom is -0.456 e. The van der Waals surface area contributed by atoms with Crippen LogP contribution in [0.2, 0.25) is 0 Å². The molecule has 0 saturated heterocycles. The van der Waals surface area contributed by atoms with E-state index < -0.39 is 0 Å². The zero-order valence-corrected chi connectivity index (χ0v) is 56.0. The highest BCUT2D eigenvalue weighted by Crippen LogP contribution is 2.51. The lowest BCUT2D eigenvalue weighted by atomic mass is 9.33. The third-order valence-electron chi connectivity index (χ3n) is 19.0. The predicted octanol–water partition coefficient (Wildman–Crippen LogP) is 22.3. The molecule has 5 heteroatoms. The van der Waals surface area contributed by atoms with Gasteiger partial charge in [-0.3, -0.25) is 0 Å². The molecule has 1 aromatic heterocycles. The number of hydrogen-bond donors (Lipinski definition) is 0. The number of anilines is 9. The van der Waals surface area contributed by atoms with E-state index in [1.54, 1.807) is 0 Å². The molecular weight excluding hydrogens is 1080 g/mol. The molecule has 2 aliphatic heterocycles. The molecule has 11 aromatic rings. The molecule has 4 nitrogen and oxygen atoms in total. The highest BCUT2D eigenvalue weighted by atomic mass is 16.3. The van der Waals surface area contributed by atoms with Gasteiger partial charge in [0.2, 0.25) is 0 Å². The SMILES string of the molecule is CC(C)(C)c1ccc(-c2cc(-c3ccc(C(C)(C)C)cc3)cc(N3c4ccc(C(C)(C)C)cc4B4c5cc(C(C)(C)C)ccc5N(c5ccc(C(C)(C)C)cc5)c5cc(N(c6ccc(C(C)(C)C)cc6)c6ccc7c(c6)oc6ccccc67)cc3c54)c2)cc1. The number of furan rings is 1. The Labute approximate surface area is 531 Å². The van der Waals surface area contributed by atoms with Crippen LogP contribution in [-0.2, 0) is 32.5 Å². The Kier molecular flexibility index (Phi) is 14.1. The van der Waals surface area contributed by atoms with Gasteiger partial charge in [-0.05, 0) is 189 Å². The summed E-state index contributed by atoms with van der Waals surface area (Å²) in [4.78, 5) is 7.68. The number of hydrogen-bond acceptors (Lipinski definition) is 4. The van der Waals surface area contributed by atoms with E-state index >= 15 is 0 Å². The first kappa shape index (κ1) is 59.4. The molecule has 2 aliphatic rings. The molecule has 448 valence electrons. The first-order valence-corrected chi connectivity index (χ1v) is 32.3. The van der Waals surface area contributed by atoms with Crippen LogP contribution in [0.15, 0.2) is 211 Å². The molecule has 0 atom stereocenters. The van der Waals surface area contributed by atoms with E-state index in [0.29, 0.717) is 0 Å². The zero-order chi connectivity index (χ0) is 63.1. The molecule has 89 heavy (non-hydrogen) atoms. The highest BCUT2D eigenvalue weighted by molar-refractivity contribution is 7.00. The molecule has 0 radical (unpaired) electrons. The summed E-state index contributed by atoms with van der Waals surface area (Å²) in [5.41, 5.74) is 27.8. The normalized spacial score (nSPS) is 13.7. The van der Waals surface area contributed by atoms with Crippen LogP contribution in [0.5, 0.6) is 0 Å². The largest absolute Gasteiger partial charge is 0.456 e. The van der Waals surface area contributed by atoms with Crippen molar-refractivity contribution < 1.29 is 4.42 Å². The summed E-state index contributed by atoms with van der Waals surface area (Å²) in [5, 5.41) is 2.21. The summed E-state index contributed by atoms with van der Waals surface area (Å²) in [6.45, 7) is 41.6. The average molecular weight is 1170 g/mol. The molecule has 3 heterocycles. The van der Waals surface area contributed by atoms with Gasteiger partial charge in [-0.25, -0.2) is 0 Å². The van der Waals surface area contributed by atoms with Crippen LogP contribution in [0, 0.1) is 0 Å². The van der Waals surface area contributed by atoms with Crippen LogP contribution in [-0.4, -0.2) is 6.71 Å². The lowest BCUT2D eigenvalue weighted by Gasteiger charge is -2.45.